The standard InChI is InChI=1S/C31H44N8O/c1-18(2)28-29(24-15-39-31(32-17-33-39)23(9)22(24)8)34-25-10-11-26(35-30(25)28)37-13-12-36(14-21(37)7)27(40)16-38(19(3)4)20(5)6/h10-11,15,17-21,34H,12-14,16H2,1-9H3/t21-/m0/s1. The van der Waals surface area contributed by atoms with Crippen LogP contribution in [0.2, 0.25) is 0 Å². The van der Waals surface area contributed by atoms with Crippen LogP contribution >= 0.6 is 0 Å². The molecular weight excluding hydrogens is 500 g/mol. The van der Waals surface area contributed by atoms with E-state index in [2.05, 4.69) is 106 Å². The van der Waals surface area contributed by atoms with Gasteiger partial charge in [0.05, 0.1) is 23.3 Å². The Bertz CT molecular complexity index is 1520. The zero-order valence-electron chi connectivity index (χ0n) is 25.5. The van der Waals surface area contributed by atoms with E-state index < -0.39 is 0 Å². The number of fused-ring (bicyclic) bond motifs is 2. The van der Waals surface area contributed by atoms with E-state index in [9.17, 15) is 4.79 Å². The van der Waals surface area contributed by atoms with E-state index in [0.717, 1.165) is 45.9 Å². The average molecular weight is 545 g/mol. The Balaban J connectivity index is 1.44. The molecule has 1 saturated heterocycles. The summed E-state index contributed by atoms with van der Waals surface area (Å²) in [6.45, 7) is 22.2. The predicted octanol–water partition coefficient (Wildman–Crippen LogP) is 5.17. The molecule has 0 radical (unpaired) electrons. The molecule has 0 spiro atoms. The Morgan fingerprint density at radius 3 is 2.45 bits per heavy atom. The zero-order valence-corrected chi connectivity index (χ0v) is 25.5. The molecule has 9 heteroatoms. The molecule has 0 unspecified atom stereocenters. The maximum atomic E-state index is 13.2. The first-order valence-electron chi connectivity index (χ1n) is 14.6. The Morgan fingerprint density at radius 1 is 1.07 bits per heavy atom. The highest BCUT2D eigenvalue weighted by Gasteiger charge is 2.30. The fraction of sp³-hybridized carbons (Fsp3) is 0.548. The SMILES string of the molecule is Cc1c(-c2[nH]c3ccc(N4CCN(C(=O)CN(C(C)C)C(C)C)C[C@@H]4C)nc3c2C(C)C)cn2ncnc2c1C. The van der Waals surface area contributed by atoms with Crippen LogP contribution in [0.5, 0.6) is 0 Å². The van der Waals surface area contributed by atoms with Gasteiger partial charge in [-0.1, -0.05) is 13.8 Å². The lowest BCUT2D eigenvalue weighted by Crippen LogP contribution is -2.56. The van der Waals surface area contributed by atoms with Crippen molar-refractivity contribution in [1.82, 2.24) is 34.4 Å². The molecule has 0 bridgehead atoms. The van der Waals surface area contributed by atoms with E-state index in [0.29, 0.717) is 31.7 Å². The number of carbonyl (C=O) groups excluding carboxylic acids is 1. The number of anilines is 1. The van der Waals surface area contributed by atoms with E-state index in [4.69, 9.17) is 4.98 Å². The van der Waals surface area contributed by atoms with Gasteiger partial charge in [-0.25, -0.2) is 14.5 Å². The van der Waals surface area contributed by atoms with E-state index in [1.165, 1.54) is 11.1 Å². The molecule has 5 heterocycles. The fourth-order valence-corrected chi connectivity index (χ4v) is 6.21. The molecule has 0 aromatic carbocycles. The van der Waals surface area contributed by atoms with Crippen molar-refractivity contribution >= 4 is 28.4 Å². The van der Waals surface area contributed by atoms with Crippen molar-refractivity contribution < 1.29 is 4.79 Å². The number of amides is 1. The molecule has 0 saturated carbocycles. The van der Waals surface area contributed by atoms with Gasteiger partial charge in [-0.2, -0.15) is 5.10 Å². The number of H-pyrrole nitrogens is 1. The fourth-order valence-electron chi connectivity index (χ4n) is 6.21. The van der Waals surface area contributed by atoms with Gasteiger partial charge in [0.1, 0.15) is 12.1 Å². The minimum Gasteiger partial charge on any atom is -0.353 e. The largest absolute Gasteiger partial charge is 0.353 e. The number of piperazine rings is 1. The summed E-state index contributed by atoms with van der Waals surface area (Å²) in [4.78, 5) is 33.2. The van der Waals surface area contributed by atoms with E-state index in [1.54, 1.807) is 6.33 Å². The number of aromatic nitrogens is 5. The minimum atomic E-state index is 0.176. The number of rotatable bonds is 7. The van der Waals surface area contributed by atoms with Gasteiger partial charge in [-0.05, 0) is 77.6 Å². The molecule has 1 amide bonds. The average Bonchev–Trinajstić information content (AvgIpc) is 3.53. The van der Waals surface area contributed by atoms with Gasteiger partial charge in [0, 0.05) is 55.1 Å². The summed E-state index contributed by atoms with van der Waals surface area (Å²) in [5, 5.41) is 4.41. The van der Waals surface area contributed by atoms with Crippen LogP contribution in [0, 0.1) is 13.8 Å². The zero-order chi connectivity index (χ0) is 28.9. The van der Waals surface area contributed by atoms with Gasteiger partial charge in [-0.3, -0.25) is 9.69 Å². The summed E-state index contributed by atoms with van der Waals surface area (Å²) in [6.07, 6.45) is 3.67. The molecular formula is C31H44N8O. The van der Waals surface area contributed by atoms with Crippen LogP contribution < -0.4 is 4.90 Å². The lowest BCUT2D eigenvalue weighted by molar-refractivity contribution is -0.134. The molecule has 4 aromatic rings. The molecule has 1 N–H and O–H groups in total. The molecule has 1 aliphatic heterocycles. The van der Waals surface area contributed by atoms with Crippen molar-refractivity contribution in [3.8, 4) is 11.3 Å². The summed E-state index contributed by atoms with van der Waals surface area (Å²) in [5.41, 5.74) is 8.67. The van der Waals surface area contributed by atoms with Gasteiger partial charge in [0.2, 0.25) is 5.91 Å². The van der Waals surface area contributed by atoms with Crippen LogP contribution in [0.3, 0.4) is 0 Å². The summed E-state index contributed by atoms with van der Waals surface area (Å²) in [5.74, 6) is 1.45. The third-order valence-corrected chi connectivity index (χ3v) is 8.56. The van der Waals surface area contributed by atoms with Crippen molar-refractivity contribution in [3.05, 3.63) is 41.3 Å². The third kappa shape index (κ3) is 4.96. The van der Waals surface area contributed by atoms with Crippen molar-refractivity contribution in [2.24, 2.45) is 0 Å². The summed E-state index contributed by atoms with van der Waals surface area (Å²) in [7, 11) is 0. The second-order valence-corrected chi connectivity index (χ2v) is 12.2. The summed E-state index contributed by atoms with van der Waals surface area (Å²) < 4.78 is 1.86. The Kier molecular flexibility index (Phi) is 7.61. The molecule has 5 rings (SSSR count). The maximum Gasteiger partial charge on any atom is 0.236 e. The van der Waals surface area contributed by atoms with Crippen LogP contribution in [0.1, 0.15) is 71.1 Å². The smallest absolute Gasteiger partial charge is 0.236 e. The Hall–Kier alpha value is -3.46. The van der Waals surface area contributed by atoms with E-state index in [-0.39, 0.29) is 17.9 Å². The Labute approximate surface area is 237 Å². The molecule has 9 nitrogen and oxygen atoms in total. The highest BCUT2D eigenvalue weighted by Crippen LogP contribution is 2.38. The van der Waals surface area contributed by atoms with Gasteiger partial charge in [-0.15, -0.1) is 0 Å². The number of aromatic amines is 1. The van der Waals surface area contributed by atoms with Crippen molar-refractivity contribution in [2.45, 2.75) is 86.4 Å². The topological polar surface area (TPSA) is 85.7 Å². The van der Waals surface area contributed by atoms with Crippen LogP contribution in [-0.2, 0) is 4.79 Å². The van der Waals surface area contributed by atoms with Crippen LogP contribution in [-0.4, -0.2) is 84.6 Å². The first-order chi connectivity index (χ1) is 19.0. The van der Waals surface area contributed by atoms with E-state index in [1.807, 2.05) is 9.42 Å². The lowest BCUT2D eigenvalue weighted by Gasteiger charge is -2.41. The molecule has 214 valence electrons. The molecule has 1 fully saturated rings. The van der Waals surface area contributed by atoms with Gasteiger partial charge in [0.25, 0.3) is 0 Å². The number of nitrogens with zero attached hydrogens (tertiary/aromatic N) is 7. The first kappa shape index (κ1) is 28.1. The van der Waals surface area contributed by atoms with Gasteiger partial charge >= 0.3 is 0 Å². The molecule has 1 atom stereocenters. The number of pyridine rings is 2. The molecule has 4 aromatic heterocycles. The second-order valence-electron chi connectivity index (χ2n) is 12.2. The molecule has 1 aliphatic rings. The number of nitrogens with one attached hydrogen (secondary N) is 1. The van der Waals surface area contributed by atoms with Crippen molar-refractivity contribution in [1.29, 1.82) is 0 Å². The summed E-state index contributed by atoms with van der Waals surface area (Å²) >= 11 is 0. The van der Waals surface area contributed by atoms with Crippen LogP contribution in [0.4, 0.5) is 5.82 Å². The Morgan fingerprint density at radius 2 is 1.80 bits per heavy atom. The van der Waals surface area contributed by atoms with Crippen LogP contribution in [0.15, 0.2) is 24.7 Å². The second kappa shape index (κ2) is 10.8. The number of carbonyl (C=O) groups is 1. The quantitative estimate of drug-likeness (QED) is 0.346. The maximum absolute atomic E-state index is 13.2. The normalized spacial score (nSPS) is 16.6. The van der Waals surface area contributed by atoms with Crippen molar-refractivity contribution in [2.75, 3.05) is 31.1 Å². The molecule has 0 aliphatic carbocycles. The van der Waals surface area contributed by atoms with Gasteiger partial charge in [0.15, 0.2) is 5.65 Å². The van der Waals surface area contributed by atoms with Crippen molar-refractivity contribution in [3.63, 3.8) is 0 Å². The predicted molar refractivity (Wildman–Crippen MR) is 162 cm³/mol. The lowest BCUT2D eigenvalue weighted by atomic mass is 9.95. The van der Waals surface area contributed by atoms with E-state index >= 15 is 0 Å². The third-order valence-electron chi connectivity index (χ3n) is 8.56. The minimum absolute atomic E-state index is 0.176. The number of aryl methyl sites for hydroxylation is 1. The monoisotopic (exact) mass is 544 g/mol. The highest BCUT2D eigenvalue weighted by atomic mass is 16.2. The number of hydrogen-bond acceptors (Lipinski definition) is 6. The highest BCUT2D eigenvalue weighted by molar-refractivity contribution is 5.90. The first-order valence-corrected chi connectivity index (χ1v) is 14.6. The summed E-state index contributed by atoms with van der Waals surface area (Å²) in [6, 6.07) is 5.11. The number of hydrogen-bond donors (Lipinski definition) is 1. The van der Waals surface area contributed by atoms with Crippen LogP contribution in [0.25, 0.3) is 27.9 Å². The molecule has 40 heavy (non-hydrogen) atoms. The van der Waals surface area contributed by atoms with Gasteiger partial charge < -0.3 is 14.8 Å².